The van der Waals surface area contributed by atoms with Crippen LogP contribution < -0.4 is 0 Å². The molecule has 0 aromatic carbocycles. The smallest absolute Gasteiger partial charge is 0.330 e. The van der Waals surface area contributed by atoms with Gasteiger partial charge in [-0.2, -0.15) is 0 Å². The van der Waals surface area contributed by atoms with Crippen molar-refractivity contribution in [2.24, 2.45) is 5.41 Å². The molecule has 0 amide bonds. The van der Waals surface area contributed by atoms with Crippen LogP contribution in [-0.2, 0) is 42.7 Å². The van der Waals surface area contributed by atoms with E-state index in [1.165, 1.54) is 13.2 Å². The number of hydrogen-bond acceptors (Lipinski definition) is 12. The zero-order valence-electron chi connectivity index (χ0n) is 31.1. The zero-order valence-corrected chi connectivity index (χ0v) is 31.1. The Bertz CT molecular complexity index is 1200. The van der Waals surface area contributed by atoms with E-state index in [0.717, 1.165) is 44.9 Å². The van der Waals surface area contributed by atoms with Gasteiger partial charge in [-0.1, -0.05) is 59.1 Å². The van der Waals surface area contributed by atoms with Crippen LogP contribution in [0.2, 0.25) is 0 Å². The van der Waals surface area contributed by atoms with Crippen LogP contribution in [-0.4, -0.2) is 102 Å². The maximum atomic E-state index is 13.3. The average molecular weight is 723 g/mol. The number of esters is 2. The largest absolute Gasteiger partial charge is 0.493 e. The number of rotatable bonds is 9. The van der Waals surface area contributed by atoms with Crippen LogP contribution in [0.25, 0.3) is 0 Å². The maximum absolute atomic E-state index is 13.3. The zero-order chi connectivity index (χ0) is 37.0. The Morgan fingerprint density at radius 1 is 1.00 bits per heavy atom. The normalized spacial score (nSPS) is 36.4. The lowest BCUT2D eigenvalue weighted by Crippen LogP contribution is -2.62. The molecule has 0 aromatic heterocycles. The summed E-state index contributed by atoms with van der Waals surface area (Å²) in [7, 11) is 1.25. The summed E-state index contributed by atoms with van der Waals surface area (Å²) in [5.41, 5.74) is -0.928. The van der Waals surface area contributed by atoms with E-state index in [2.05, 4.69) is 13.5 Å². The molecule has 6 bridgehead atoms. The third-order valence-electron chi connectivity index (χ3n) is 10.4. The van der Waals surface area contributed by atoms with E-state index >= 15 is 0 Å². The van der Waals surface area contributed by atoms with Crippen molar-refractivity contribution in [2.45, 2.75) is 172 Å². The van der Waals surface area contributed by atoms with Crippen molar-refractivity contribution < 1.29 is 58.1 Å². The van der Waals surface area contributed by atoms with E-state index < -0.39 is 60.5 Å². The molecule has 0 spiro atoms. The summed E-state index contributed by atoms with van der Waals surface area (Å²) in [6.07, 6.45) is 9.77. The number of unbranched alkanes of at least 4 members (excludes halogenated alkanes) is 4. The van der Waals surface area contributed by atoms with Crippen LogP contribution >= 0.6 is 0 Å². The van der Waals surface area contributed by atoms with Crippen LogP contribution in [0.15, 0.2) is 36.1 Å². The van der Waals surface area contributed by atoms with Gasteiger partial charge >= 0.3 is 11.9 Å². The highest BCUT2D eigenvalue weighted by molar-refractivity contribution is 5.83. The van der Waals surface area contributed by atoms with Crippen molar-refractivity contribution in [3.63, 3.8) is 0 Å². The van der Waals surface area contributed by atoms with E-state index in [9.17, 15) is 24.9 Å². The highest BCUT2D eigenvalue weighted by atomic mass is 16.7. The minimum absolute atomic E-state index is 0.0145. The molecule has 0 radical (unpaired) electrons. The highest BCUT2D eigenvalue weighted by Gasteiger charge is 2.57. The number of carbonyl (C=O) groups excluding carboxylic acids is 2. The molecular weight excluding hydrogens is 660 g/mol. The van der Waals surface area contributed by atoms with Crippen LogP contribution in [0.5, 0.6) is 0 Å². The van der Waals surface area contributed by atoms with Crippen molar-refractivity contribution in [3.05, 3.63) is 36.1 Å². The first-order chi connectivity index (χ1) is 24.3. The Kier molecular flexibility index (Phi) is 16.0. The standard InChI is InChI=1S/C39H62O12/c1-6-7-8-9-10-14-34(42)50-37-27(21-35(43)45-5)20-32-24-33(25-40)47-26(2)19-28(41)22-29-12-11-13-30(48-29)23-31-16-18-46-36(49-31)15-17-38(3,4)39(37,44)51-32/h15,17,21,28-33,36-37,40-41,44H,2,6-14,16,18-20,22-25H2,1,3-5H3/b17-15+,27-21+/t28-,29?,30+,31-,32-,33+,36-,37-,39+/m0/s1. The van der Waals surface area contributed by atoms with Crippen molar-refractivity contribution >= 4 is 11.9 Å². The molecule has 1 unspecified atom stereocenters. The second-order valence-electron chi connectivity index (χ2n) is 15.1. The number of methoxy groups -OCH3 is 1. The molecule has 3 fully saturated rings. The van der Waals surface area contributed by atoms with Crippen molar-refractivity contribution in [3.8, 4) is 0 Å². The second-order valence-corrected chi connectivity index (χ2v) is 15.1. The topological polar surface area (TPSA) is 159 Å². The van der Waals surface area contributed by atoms with Gasteiger partial charge in [0.05, 0.1) is 56.6 Å². The summed E-state index contributed by atoms with van der Waals surface area (Å²) in [6.45, 7) is 9.71. The molecule has 0 aliphatic carbocycles. The summed E-state index contributed by atoms with van der Waals surface area (Å²) in [6, 6.07) is 0. The lowest BCUT2D eigenvalue weighted by molar-refractivity contribution is -0.327. The molecule has 4 aliphatic rings. The lowest BCUT2D eigenvalue weighted by Gasteiger charge is -2.51. The van der Waals surface area contributed by atoms with E-state index in [0.29, 0.717) is 43.6 Å². The van der Waals surface area contributed by atoms with Gasteiger partial charge in [0.15, 0.2) is 12.4 Å². The van der Waals surface area contributed by atoms with Crippen molar-refractivity contribution in [2.75, 3.05) is 20.3 Å². The number of aliphatic hydroxyl groups is 3. The Morgan fingerprint density at radius 2 is 1.73 bits per heavy atom. The minimum Gasteiger partial charge on any atom is -0.493 e. The number of fused-ring (bicyclic) bond motifs is 6. The van der Waals surface area contributed by atoms with Crippen molar-refractivity contribution in [1.29, 1.82) is 0 Å². The summed E-state index contributed by atoms with van der Waals surface area (Å²) >= 11 is 0. The van der Waals surface area contributed by atoms with E-state index in [1.54, 1.807) is 26.0 Å². The first-order valence-electron chi connectivity index (χ1n) is 19.0. The fraction of sp³-hybridized carbons (Fsp3) is 0.795. The molecule has 0 saturated carbocycles. The molecule has 290 valence electrons. The number of carbonyl (C=O) groups is 2. The van der Waals surface area contributed by atoms with Gasteiger partial charge in [-0.3, -0.25) is 4.79 Å². The fourth-order valence-corrected chi connectivity index (χ4v) is 7.50. The Morgan fingerprint density at radius 3 is 2.45 bits per heavy atom. The SMILES string of the molecule is C=C1C[C@H](O)CC2CCC[C@H](C[C@@H]3CCO[C@H](/C=C/C(C)(C)[C@]4(O)O[C@@H](C/C(=C\C(=O)OC)[C@@H]4OC(=O)CCCCCCC)C[C@H](CO)O1)O3)O2. The predicted octanol–water partition coefficient (Wildman–Crippen LogP) is 5.31. The van der Waals surface area contributed by atoms with Crippen LogP contribution in [0.1, 0.15) is 117 Å². The van der Waals surface area contributed by atoms with Crippen molar-refractivity contribution in [1.82, 2.24) is 0 Å². The lowest BCUT2D eigenvalue weighted by atomic mass is 9.74. The van der Waals surface area contributed by atoms with Gasteiger partial charge in [-0.25, -0.2) is 4.79 Å². The second kappa shape index (κ2) is 19.7. The summed E-state index contributed by atoms with van der Waals surface area (Å²) in [4.78, 5) is 26.0. The Labute approximate surface area is 303 Å². The quantitative estimate of drug-likeness (QED) is 0.122. The van der Waals surface area contributed by atoms with E-state index in [4.69, 9.17) is 33.2 Å². The number of hydrogen-bond donors (Lipinski definition) is 3. The Balaban J connectivity index is 1.68. The molecule has 12 nitrogen and oxygen atoms in total. The van der Waals surface area contributed by atoms with E-state index in [-0.39, 0.29) is 44.0 Å². The fourth-order valence-electron chi connectivity index (χ4n) is 7.50. The molecule has 9 atom stereocenters. The van der Waals surface area contributed by atoms with Gasteiger partial charge < -0.3 is 48.5 Å². The number of ether oxygens (including phenoxy) is 7. The molecule has 4 aliphatic heterocycles. The first kappa shape index (κ1) is 41.4. The molecule has 4 rings (SSSR count). The Hall–Kier alpha value is -2.32. The average Bonchev–Trinajstić information content (AvgIpc) is 3.08. The maximum Gasteiger partial charge on any atom is 0.330 e. The third-order valence-corrected chi connectivity index (χ3v) is 10.4. The minimum atomic E-state index is -2.18. The molecule has 12 heteroatoms. The molecular formula is C39H62O12. The molecule has 4 heterocycles. The van der Waals surface area contributed by atoms with Gasteiger partial charge in [0.2, 0.25) is 5.79 Å². The monoisotopic (exact) mass is 722 g/mol. The van der Waals surface area contributed by atoms with Crippen LogP contribution in [0.3, 0.4) is 0 Å². The van der Waals surface area contributed by atoms with Gasteiger partial charge in [-0.05, 0) is 63.0 Å². The summed E-state index contributed by atoms with van der Waals surface area (Å²) < 4.78 is 42.2. The summed E-state index contributed by atoms with van der Waals surface area (Å²) in [5.74, 6) is -3.08. The number of aliphatic hydroxyl groups excluding tert-OH is 2. The first-order valence-corrected chi connectivity index (χ1v) is 19.0. The van der Waals surface area contributed by atoms with Gasteiger partial charge in [0.1, 0.15) is 6.10 Å². The van der Waals surface area contributed by atoms with Gasteiger partial charge in [0.25, 0.3) is 0 Å². The van der Waals surface area contributed by atoms with Crippen LogP contribution in [0, 0.1) is 5.41 Å². The highest BCUT2D eigenvalue weighted by Crippen LogP contribution is 2.47. The molecule has 3 N–H and O–H groups in total. The van der Waals surface area contributed by atoms with E-state index in [1.807, 2.05) is 0 Å². The predicted molar refractivity (Wildman–Crippen MR) is 188 cm³/mol. The molecule has 51 heavy (non-hydrogen) atoms. The third kappa shape index (κ3) is 12.1. The molecule has 3 saturated heterocycles. The molecule has 0 aromatic rings. The summed E-state index contributed by atoms with van der Waals surface area (Å²) in [5, 5.41) is 34.0. The van der Waals surface area contributed by atoms with Gasteiger partial charge in [-0.15, -0.1) is 0 Å². The van der Waals surface area contributed by atoms with Gasteiger partial charge in [0, 0.05) is 30.8 Å². The van der Waals surface area contributed by atoms with Crippen LogP contribution in [0.4, 0.5) is 0 Å².